The molecule has 31 heavy (non-hydrogen) atoms. The van der Waals surface area contributed by atoms with Gasteiger partial charge < -0.3 is 9.84 Å². The third-order valence-electron chi connectivity index (χ3n) is 5.14. The Hall–Kier alpha value is -0.414. The minimum atomic E-state index is -4.43. The smallest absolute Gasteiger partial charge is 0.872 e. The first-order valence-corrected chi connectivity index (χ1v) is 12.4. The van der Waals surface area contributed by atoms with Gasteiger partial charge in [-0.3, -0.25) is 4.55 Å². The molecule has 166 valence electrons. The molecule has 2 rings (SSSR count). The second-order valence-electron chi connectivity index (χ2n) is 7.77. The summed E-state index contributed by atoms with van der Waals surface area (Å²) in [4.78, 5) is -0.300. The predicted molar refractivity (Wildman–Crippen MR) is 118 cm³/mol. The quantitative estimate of drug-likeness (QED) is 0.259. The third-order valence-corrected chi connectivity index (χ3v) is 6.03. The van der Waals surface area contributed by atoms with Gasteiger partial charge in [0.2, 0.25) is 0 Å². The van der Waals surface area contributed by atoms with Gasteiger partial charge >= 0.3 is 51.4 Å². The van der Waals surface area contributed by atoms with Crippen LogP contribution in [0.2, 0.25) is 0 Å². The number of aryl methyl sites for hydroxylation is 1. The molecule has 7 heteroatoms. The number of hydrogen-bond donors (Lipinski definition) is 1. The summed E-state index contributed by atoms with van der Waals surface area (Å²) >= 11 is 0. The molecule has 0 atom stereocenters. The van der Waals surface area contributed by atoms with Gasteiger partial charge in [-0.25, -0.2) is 0 Å². The number of ether oxygens (including phenoxy) is 1. The monoisotopic (exact) mass is 472 g/mol. The van der Waals surface area contributed by atoms with E-state index in [0.717, 1.165) is 24.8 Å². The molecule has 0 bridgehead atoms. The minimum Gasteiger partial charge on any atom is -0.872 e. The molecule has 0 saturated carbocycles. The van der Waals surface area contributed by atoms with Crippen LogP contribution in [-0.2, 0) is 16.5 Å². The minimum absolute atomic E-state index is 0. The van der Waals surface area contributed by atoms with Crippen LogP contribution in [0.15, 0.2) is 47.4 Å². The summed E-state index contributed by atoms with van der Waals surface area (Å²) in [5, 5.41) is 11.5. The van der Waals surface area contributed by atoms with Crippen LogP contribution in [0, 0.1) is 0 Å². The van der Waals surface area contributed by atoms with Gasteiger partial charge in [-0.2, -0.15) is 8.42 Å². The first-order chi connectivity index (χ1) is 14.4. The average Bonchev–Trinajstić information content (AvgIpc) is 2.69. The fourth-order valence-corrected chi connectivity index (χ4v) is 4.08. The molecule has 0 spiro atoms. The molecule has 0 amide bonds. The maximum atomic E-state index is 11.7. The molecule has 0 radical (unpaired) electrons. The van der Waals surface area contributed by atoms with E-state index in [1.54, 1.807) is 24.3 Å². The van der Waals surface area contributed by atoms with Gasteiger partial charge in [-0.1, -0.05) is 82.9 Å². The van der Waals surface area contributed by atoms with Crippen LogP contribution in [0.4, 0.5) is 0 Å². The SMILES string of the molecule is CCCCCCCCCCCCc1ccc(S(=O)(=O)O)c(Oc2cccc([O-])c2)c1.[K+]. The second-order valence-corrected chi connectivity index (χ2v) is 9.16. The van der Waals surface area contributed by atoms with E-state index in [4.69, 9.17) is 4.74 Å². The van der Waals surface area contributed by atoms with Gasteiger partial charge in [0.15, 0.2) is 0 Å². The molecule has 1 N–H and O–H groups in total. The number of hydrogen-bond acceptors (Lipinski definition) is 4. The van der Waals surface area contributed by atoms with Crippen LogP contribution in [0.1, 0.15) is 76.7 Å². The van der Waals surface area contributed by atoms with Crippen LogP contribution < -0.4 is 61.2 Å². The molecule has 0 aliphatic heterocycles. The van der Waals surface area contributed by atoms with E-state index < -0.39 is 10.1 Å². The van der Waals surface area contributed by atoms with E-state index in [9.17, 15) is 18.1 Å². The Morgan fingerprint density at radius 1 is 0.871 bits per heavy atom. The van der Waals surface area contributed by atoms with Crippen LogP contribution >= 0.6 is 0 Å². The molecule has 0 heterocycles. The molecule has 0 aliphatic rings. The zero-order valence-electron chi connectivity index (χ0n) is 18.8. The van der Waals surface area contributed by atoms with Crippen molar-refractivity contribution < 1.29 is 74.2 Å². The first-order valence-electron chi connectivity index (χ1n) is 11.0. The van der Waals surface area contributed by atoms with Crippen molar-refractivity contribution in [1.82, 2.24) is 0 Å². The van der Waals surface area contributed by atoms with Crippen LogP contribution in [0.5, 0.6) is 17.2 Å². The normalized spacial score (nSPS) is 11.2. The van der Waals surface area contributed by atoms with Crippen molar-refractivity contribution in [2.24, 2.45) is 0 Å². The zero-order chi connectivity index (χ0) is 21.8. The summed E-state index contributed by atoms with van der Waals surface area (Å²) in [7, 11) is -4.43. The van der Waals surface area contributed by atoms with Crippen LogP contribution in [-0.4, -0.2) is 13.0 Å². The first kappa shape index (κ1) is 28.6. The van der Waals surface area contributed by atoms with E-state index in [-0.39, 0.29) is 73.5 Å². The fourth-order valence-electron chi connectivity index (χ4n) is 3.48. The molecule has 2 aromatic carbocycles. The fraction of sp³-hybridized carbons (Fsp3) is 0.500. The Bertz CT molecular complexity index is 883. The maximum Gasteiger partial charge on any atom is 1.00 e. The van der Waals surface area contributed by atoms with Crippen molar-refractivity contribution in [3.63, 3.8) is 0 Å². The number of benzene rings is 2. The Morgan fingerprint density at radius 3 is 2.06 bits per heavy atom. The summed E-state index contributed by atoms with van der Waals surface area (Å²) in [6.07, 6.45) is 13.3. The van der Waals surface area contributed by atoms with Crippen LogP contribution in [0.25, 0.3) is 0 Å². The van der Waals surface area contributed by atoms with E-state index in [1.807, 2.05) is 0 Å². The van der Waals surface area contributed by atoms with E-state index in [2.05, 4.69) is 6.92 Å². The van der Waals surface area contributed by atoms with Gasteiger partial charge in [0.05, 0.1) is 0 Å². The molecule has 0 aromatic heterocycles. The van der Waals surface area contributed by atoms with Crippen molar-refractivity contribution in [2.75, 3.05) is 0 Å². The molecule has 2 aromatic rings. The van der Waals surface area contributed by atoms with Crippen molar-refractivity contribution in [3.8, 4) is 17.2 Å². The molecule has 0 aliphatic carbocycles. The Labute approximate surface area is 229 Å². The van der Waals surface area contributed by atoms with Crippen LogP contribution in [0.3, 0.4) is 0 Å². The van der Waals surface area contributed by atoms with Crippen molar-refractivity contribution in [2.45, 2.75) is 82.4 Å². The maximum absolute atomic E-state index is 11.7. The summed E-state index contributed by atoms with van der Waals surface area (Å²) in [5.74, 6) is 0.0404. The number of rotatable bonds is 14. The summed E-state index contributed by atoms with van der Waals surface area (Å²) in [6.45, 7) is 2.23. The van der Waals surface area contributed by atoms with Crippen molar-refractivity contribution in [3.05, 3.63) is 48.0 Å². The molecular formula is C24H33KO5S. The summed E-state index contributed by atoms with van der Waals surface area (Å²) < 4.78 is 38.5. The van der Waals surface area contributed by atoms with E-state index >= 15 is 0 Å². The van der Waals surface area contributed by atoms with E-state index in [0.29, 0.717) is 0 Å². The van der Waals surface area contributed by atoms with Gasteiger partial charge in [0, 0.05) is 0 Å². The van der Waals surface area contributed by atoms with Gasteiger partial charge in [-0.05, 0) is 42.7 Å². The Kier molecular flexibility index (Phi) is 14.2. The topological polar surface area (TPSA) is 86.7 Å². The molecule has 0 unspecified atom stereocenters. The van der Waals surface area contributed by atoms with Gasteiger partial charge in [-0.15, -0.1) is 5.75 Å². The molecule has 0 saturated heterocycles. The Balaban J connectivity index is 0.00000480. The summed E-state index contributed by atoms with van der Waals surface area (Å²) in [6, 6.07) is 10.5. The van der Waals surface area contributed by atoms with E-state index in [1.165, 1.54) is 69.6 Å². The summed E-state index contributed by atoms with van der Waals surface area (Å²) in [5.41, 5.74) is 0.940. The zero-order valence-corrected chi connectivity index (χ0v) is 22.7. The van der Waals surface area contributed by atoms with Crippen molar-refractivity contribution >= 4 is 10.1 Å². The van der Waals surface area contributed by atoms with Gasteiger partial charge in [0.1, 0.15) is 16.4 Å². The van der Waals surface area contributed by atoms with Crippen molar-refractivity contribution in [1.29, 1.82) is 0 Å². The second kappa shape index (κ2) is 15.4. The van der Waals surface area contributed by atoms with Gasteiger partial charge in [0.25, 0.3) is 10.1 Å². The average molecular weight is 473 g/mol. The number of unbranched alkanes of at least 4 members (excludes halogenated alkanes) is 9. The third kappa shape index (κ3) is 11.3. The largest absolute Gasteiger partial charge is 1.00 e. The molecule has 5 nitrogen and oxygen atoms in total. The predicted octanol–water partition coefficient (Wildman–Crippen LogP) is 3.27. The Morgan fingerprint density at radius 2 is 1.48 bits per heavy atom. The molecular weight excluding hydrogens is 439 g/mol. The standard InChI is InChI=1S/C24H34O5S.K/c1-2-3-4-5-6-7-8-9-10-11-13-20-16-17-24(30(26,27)28)23(18-20)29-22-15-12-14-21(25)19-22;/h12,14-19,25H,2-11,13H2,1H3,(H,26,27,28);/q;+1/p-1. The molecule has 0 fully saturated rings.